The standard InChI is InChI=1S/C15H8N2S/c16-9-11-1-5-13(6-2-11)15(18)14-7-3-12(10-17)4-8-14/h1-8H. The molecular weight excluding hydrogens is 240 g/mol. The first-order valence-corrected chi connectivity index (χ1v) is 5.70. The number of hydrogen-bond acceptors (Lipinski definition) is 3. The van der Waals surface area contributed by atoms with Gasteiger partial charge in [0, 0.05) is 0 Å². The molecule has 0 saturated carbocycles. The van der Waals surface area contributed by atoms with E-state index in [2.05, 4.69) is 12.1 Å². The zero-order chi connectivity index (χ0) is 13.0. The molecule has 0 atom stereocenters. The van der Waals surface area contributed by atoms with E-state index in [0.717, 1.165) is 11.1 Å². The van der Waals surface area contributed by atoms with Gasteiger partial charge in [0.05, 0.1) is 28.1 Å². The Hall–Kier alpha value is -2.49. The van der Waals surface area contributed by atoms with E-state index >= 15 is 0 Å². The normalized spacial score (nSPS) is 9.22. The van der Waals surface area contributed by atoms with Gasteiger partial charge in [-0.2, -0.15) is 10.5 Å². The minimum absolute atomic E-state index is 0.612. The Morgan fingerprint density at radius 2 is 1.06 bits per heavy atom. The third-order valence-electron chi connectivity index (χ3n) is 2.55. The summed E-state index contributed by atoms with van der Waals surface area (Å²) in [5, 5.41) is 17.5. The van der Waals surface area contributed by atoms with Crippen LogP contribution in [-0.2, 0) is 0 Å². The predicted molar refractivity (Wildman–Crippen MR) is 73.1 cm³/mol. The summed E-state index contributed by atoms with van der Waals surface area (Å²) in [4.78, 5) is 0.712. The van der Waals surface area contributed by atoms with E-state index in [1.54, 1.807) is 24.3 Å². The molecule has 18 heavy (non-hydrogen) atoms. The highest BCUT2D eigenvalue weighted by Crippen LogP contribution is 2.13. The molecule has 0 aliphatic heterocycles. The number of hydrogen-bond donors (Lipinski definition) is 0. The van der Waals surface area contributed by atoms with Crippen LogP contribution in [-0.4, -0.2) is 4.86 Å². The highest BCUT2D eigenvalue weighted by molar-refractivity contribution is 7.81. The molecule has 0 saturated heterocycles. The quantitative estimate of drug-likeness (QED) is 0.605. The smallest absolute Gasteiger partial charge is 0.0991 e. The molecule has 2 nitrogen and oxygen atoms in total. The van der Waals surface area contributed by atoms with Crippen molar-refractivity contribution >= 4 is 17.1 Å². The van der Waals surface area contributed by atoms with E-state index in [1.165, 1.54) is 0 Å². The second-order valence-corrected chi connectivity index (χ2v) is 4.12. The third-order valence-corrected chi connectivity index (χ3v) is 3.02. The number of thiocarbonyl (C=S) groups is 1. The lowest BCUT2D eigenvalue weighted by molar-refractivity contribution is 1.47. The molecule has 0 aliphatic rings. The van der Waals surface area contributed by atoms with Crippen molar-refractivity contribution < 1.29 is 0 Å². The summed E-state index contributed by atoms with van der Waals surface area (Å²) >= 11 is 5.38. The minimum Gasteiger partial charge on any atom is -0.192 e. The highest BCUT2D eigenvalue weighted by Gasteiger charge is 2.04. The Morgan fingerprint density at radius 3 is 1.33 bits per heavy atom. The first-order chi connectivity index (χ1) is 8.74. The van der Waals surface area contributed by atoms with E-state index in [0.29, 0.717) is 16.0 Å². The molecule has 0 bridgehead atoms. The van der Waals surface area contributed by atoms with Crippen molar-refractivity contribution in [2.45, 2.75) is 0 Å². The molecule has 0 aromatic heterocycles. The molecule has 84 valence electrons. The monoisotopic (exact) mass is 248 g/mol. The molecule has 2 aromatic carbocycles. The molecule has 0 heterocycles. The van der Waals surface area contributed by atoms with Crippen LogP contribution in [0.5, 0.6) is 0 Å². The second-order valence-electron chi connectivity index (χ2n) is 3.71. The molecule has 0 fully saturated rings. The van der Waals surface area contributed by atoms with Crippen LogP contribution in [0.1, 0.15) is 22.3 Å². The topological polar surface area (TPSA) is 47.6 Å². The molecular formula is C15H8N2S. The summed E-state index contributed by atoms with van der Waals surface area (Å²) in [6.07, 6.45) is 0. The van der Waals surface area contributed by atoms with Gasteiger partial charge < -0.3 is 0 Å². The van der Waals surface area contributed by atoms with Crippen LogP contribution in [0.4, 0.5) is 0 Å². The lowest BCUT2D eigenvalue weighted by Crippen LogP contribution is -1.99. The lowest BCUT2D eigenvalue weighted by atomic mass is 10.0. The van der Waals surface area contributed by atoms with Crippen molar-refractivity contribution in [3.05, 3.63) is 70.8 Å². The van der Waals surface area contributed by atoms with Gasteiger partial charge in [0.15, 0.2) is 0 Å². The molecule has 0 N–H and O–H groups in total. The maximum atomic E-state index is 8.73. The maximum absolute atomic E-state index is 8.73. The van der Waals surface area contributed by atoms with E-state index in [9.17, 15) is 0 Å². The van der Waals surface area contributed by atoms with Gasteiger partial charge in [-0.1, -0.05) is 36.5 Å². The fourth-order valence-electron chi connectivity index (χ4n) is 1.56. The SMILES string of the molecule is N#Cc1ccc(C(=S)c2ccc(C#N)cc2)cc1. The van der Waals surface area contributed by atoms with Crippen LogP contribution in [0.2, 0.25) is 0 Å². The number of benzene rings is 2. The minimum atomic E-state index is 0.612. The van der Waals surface area contributed by atoms with E-state index in [4.69, 9.17) is 22.7 Å². The summed E-state index contributed by atoms with van der Waals surface area (Å²) in [5.41, 5.74) is 3.02. The average Bonchev–Trinajstić information content (AvgIpc) is 2.47. The first kappa shape index (κ1) is 12.0. The van der Waals surface area contributed by atoms with Crippen molar-refractivity contribution in [2.75, 3.05) is 0 Å². The van der Waals surface area contributed by atoms with Gasteiger partial charge in [-0.25, -0.2) is 0 Å². The van der Waals surface area contributed by atoms with Gasteiger partial charge in [-0.15, -0.1) is 0 Å². The Balaban J connectivity index is 2.30. The molecule has 0 amide bonds. The molecule has 0 aliphatic carbocycles. The van der Waals surface area contributed by atoms with Crippen molar-refractivity contribution in [2.24, 2.45) is 0 Å². The van der Waals surface area contributed by atoms with Gasteiger partial charge in [0.2, 0.25) is 0 Å². The van der Waals surface area contributed by atoms with Crippen molar-refractivity contribution in [3.63, 3.8) is 0 Å². The van der Waals surface area contributed by atoms with Crippen LogP contribution in [0.3, 0.4) is 0 Å². The fourth-order valence-corrected chi connectivity index (χ4v) is 1.83. The zero-order valence-corrected chi connectivity index (χ0v) is 10.2. The van der Waals surface area contributed by atoms with Crippen molar-refractivity contribution in [3.8, 4) is 12.1 Å². The third kappa shape index (κ3) is 2.43. The largest absolute Gasteiger partial charge is 0.192 e. The molecule has 0 radical (unpaired) electrons. The van der Waals surface area contributed by atoms with Crippen molar-refractivity contribution in [1.29, 1.82) is 10.5 Å². The summed E-state index contributed by atoms with van der Waals surface area (Å²) < 4.78 is 0. The van der Waals surface area contributed by atoms with Crippen LogP contribution >= 0.6 is 12.2 Å². The van der Waals surface area contributed by atoms with E-state index in [1.807, 2.05) is 24.3 Å². The van der Waals surface area contributed by atoms with E-state index < -0.39 is 0 Å². The molecule has 2 rings (SSSR count). The maximum Gasteiger partial charge on any atom is 0.0991 e. The Kier molecular flexibility index (Phi) is 3.48. The van der Waals surface area contributed by atoms with Crippen LogP contribution < -0.4 is 0 Å². The van der Waals surface area contributed by atoms with Crippen molar-refractivity contribution in [1.82, 2.24) is 0 Å². The van der Waals surface area contributed by atoms with Gasteiger partial charge in [0.25, 0.3) is 0 Å². The first-order valence-electron chi connectivity index (χ1n) is 5.29. The highest BCUT2D eigenvalue weighted by atomic mass is 32.1. The zero-order valence-electron chi connectivity index (χ0n) is 9.42. The van der Waals surface area contributed by atoms with Gasteiger partial charge >= 0.3 is 0 Å². The Bertz CT molecular complexity index is 596. The Morgan fingerprint density at radius 1 is 0.722 bits per heavy atom. The number of nitrogens with zero attached hydrogens (tertiary/aromatic N) is 2. The van der Waals surface area contributed by atoms with Gasteiger partial charge in [-0.3, -0.25) is 0 Å². The molecule has 3 heteroatoms. The second kappa shape index (κ2) is 5.23. The molecule has 2 aromatic rings. The number of rotatable bonds is 2. The summed E-state index contributed by atoms with van der Waals surface area (Å²) in [7, 11) is 0. The van der Waals surface area contributed by atoms with Crippen LogP contribution in [0.15, 0.2) is 48.5 Å². The average molecular weight is 248 g/mol. The Labute approximate surface area is 111 Å². The number of nitriles is 2. The van der Waals surface area contributed by atoms with Crippen LogP contribution in [0.25, 0.3) is 0 Å². The van der Waals surface area contributed by atoms with E-state index in [-0.39, 0.29) is 0 Å². The van der Waals surface area contributed by atoms with Gasteiger partial charge in [0.1, 0.15) is 0 Å². The molecule has 0 unspecified atom stereocenters. The predicted octanol–water partition coefficient (Wildman–Crippen LogP) is 3.20. The summed E-state index contributed by atoms with van der Waals surface area (Å²) in [6, 6.07) is 18.4. The van der Waals surface area contributed by atoms with Gasteiger partial charge in [-0.05, 0) is 35.4 Å². The summed E-state index contributed by atoms with van der Waals surface area (Å²) in [5.74, 6) is 0. The summed E-state index contributed by atoms with van der Waals surface area (Å²) in [6.45, 7) is 0. The molecule has 0 spiro atoms. The van der Waals surface area contributed by atoms with Crippen LogP contribution in [0, 0.1) is 22.7 Å². The fraction of sp³-hybridized carbons (Fsp3) is 0. The lowest BCUT2D eigenvalue weighted by Gasteiger charge is -2.04.